The van der Waals surface area contributed by atoms with E-state index in [4.69, 9.17) is 58.0 Å². The van der Waals surface area contributed by atoms with Crippen molar-refractivity contribution in [1.82, 2.24) is 0 Å². The van der Waals surface area contributed by atoms with Crippen molar-refractivity contribution < 1.29 is 62.7 Å². The molecule has 0 aromatic heterocycles. The van der Waals surface area contributed by atoms with Crippen LogP contribution in [0.5, 0.6) is 51.7 Å². The minimum absolute atomic E-state index is 0.165. The number of rotatable bonds is 39. The molecule has 1 fully saturated rings. The second-order valence-corrected chi connectivity index (χ2v) is 36.4. The topological polar surface area (TPSA) is 161 Å². The first-order valence-electron chi connectivity index (χ1n) is 51.1. The fourth-order valence-electron chi connectivity index (χ4n) is 14.5. The lowest BCUT2D eigenvalue weighted by molar-refractivity contribution is -0.131. The quantitative estimate of drug-likeness (QED) is 0.0145. The molecular weight excluding hydrogens is 1700 g/mol. The number of aromatic hydroxyl groups is 3. The van der Waals surface area contributed by atoms with E-state index in [1.54, 1.807) is 50.6 Å². The van der Waals surface area contributed by atoms with Gasteiger partial charge in [0.25, 0.3) is 0 Å². The molecule has 3 N–H and O–H groups in total. The molecule has 13 heteroatoms. The van der Waals surface area contributed by atoms with Crippen molar-refractivity contribution in [1.29, 1.82) is 0 Å². The van der Waals surface area contributed by atoms with Crippen LogP contribution in [-0.2, 0) is 31.8 Å². The summed E-state index contributed by atoms with van der Waals surface area (Å²) in [6.07, 6.45) is 19.5. The lowest BCUT2D eigenvalue weighted by atomic mass is 9.90. The number of phenols is 3. The Morgan fingerprint density at radius 1 is 0.277 bits per heavy atom. The Morgan fingerprint density at radius 3 is 0.752 bits per heavy atom. The number of methoxy groups -OCH3 is 2. The first kappa shape index (κ1) is 118. The van der Waals surface area contributed by atoms with Crippen LogP contribution < -0.4 is 28.4 Å². The highest BCUT2D eigenvalue weighted by Gasteiger charge is 2.18. The summed E-state index contributed by atoms with van der Waals surface area (Å²) in [6, 6.07) is 92.5. The van der Waals surface area contributed by atoms with E-state index < -0.39 is 0 Å². The zero-order chi connectivity index (χ0) is 101. The Bertz CT molecular complexity index is 4600. The molecule has 11 aromatic rings. The summed E-state index contributed by atoms with van der Waals surface area (Å²) in [5.41, 5.74) is 14.7. The molecule has 0 spiro atoms. The third-order valence-electron chi connectivity index (χ3n) is 25.9. The maximum absolute atomic E-state index is 10.7. The van der Waals surface area contributed by atoms with Gasteiger partial charge >= 0.3 is 5.97 Å². The average Bonchev–Trinajstić information content (AvgIpc) is 0.878. The number of phenolic OH excluding ortho intramolecular Hbond substituents is 3. The molecule has 12 atom stereocenters. The van der Waals surface area contributed by atoms with Crippen LogP contribution in [-0.4, -0.2) is 74.2 Å². The fraction of sp³-hybridized carbons (Fsp3) is 0.460. The fourth-order valence-corrected chi connectivity index (χ4v) is 14.5. The first-order valence-corrected chi connectivity index (χ1v) is 51.1. The van der Waals surface area contributed by atoms with Crippen molar-refractivity contribution >= 4 is 5.97 Å². The van der Waals surface area contributed by atoms with Crippen LogP contribution in [0.1, 0.15) is 363 Å². The summed E-state index contributed by atoms with van der Waals surface area (Å²) in [5, 5.41) is 27.0. The predicted molar refractivity (Wildman–Crippen MR) is 575 cm³/mol. The lowest BCUT2D eigenvalue weighted by Crippen LogP contribution is -2.22. The number of ether oxygens (including phenoxy) is 9. The van der Waals surface area contributed by atoms with Gasteiger partial charge in [0.1, 0.15) is 51.7 Å². The molecular formula is C124H174O13. The van der Waals surface area contributed by atoms with Gasteiger partial charge in [-0.1, -0.05) is 314 Å². The molecule has 748 valence electrons. The second-order valence-electron chi connectivity index (χ2n) is 36.4. The van der Waals surface area contributed by atoms with E-state index in [1.807, 2.05) is 154 Å². The Kier molecular flexibility index (Phi) is 60.4. The standard InChI is InChI=1S/C21H28O2.C20H26O2.C19H30O2.C12H16O2.2C11H16O.3C10H14O/c1-4-17(2)20-12-14-21(15-13-20)23-18(3)22-16-8-11-19-9-6-5-7-10-19;1-4-16(2)19-10-12-20(13-11-19)22-17(3)21-15-14-18-8-6-5-7-9-18;1-4-15(2)18-10-12-19(13-11-18)21-16(3)20-14-17-8-6-5-7-9-17;1-4-9(2)11-5-7-12(8-6-11)14-10(3)13;2*1-4-9(2)10-5-7-11(12-3)8-6-10;3*1-3-8(2)9-4-6-10(11)7-5-9/h5-7,9-10,12-15,17-18H,4,8,11,16H2,1-3H3;5-13,16-17H,4,14-15H2,1-3H3;10-13,15-17H,4-9,14H2,1-3H3;5-9H,4H2,1-3H3;2*5-9H,4H2,1-3H3;3*4-8,11H,3H2,1-2H3. The van der Waals surface area contributed by atoms with Gasteiger partial charge in [0, 0.05) is 6.92 Å². The third kappa shape index (κ3) is 49.9. The SMILES string of the molecule is CCC(C)c1ccc(O)cc1.CCC(C)c1ccc(O)cc1.CCC(C)c1ccc(O)cc1.CCC(C)c1ccc(OC(C)=O)cc1.CCC(C)c1ccc(OC(C)OCC2CCCCC2)cc1.CCC(C)c1ccc(OC(C)OCCCc2ccccc2)cc1.CCC(C)c1ccc(OC(C)OCCc2ccccc2)cc1.CCC(C)c1ccc(OC)cc1.CCC(C)c1ccc(OC)cc1. The molecule has 137 heavy (non-hydrogen) atoms. The number of aryl methyl sites for hydroxylation is 1. The minimum atomic E-state index is -0.277. The van der Waals surface area contributed by atoms with Gasteiger partial charge in [-0.2, -0.15) is 0 Å². The van der Waals surface area contributed by atoms with Gasteiger partial charge in [-0.15, -0.1) is 0 Å². The van der Waals surface area contributed by atoms with E-state index in [0.717, 1.165) is 99.1 Å². The summed E-state index contributed by atoms with van der Waals surface area (Å²) in [7, 11) is 3.39. The maximum atomic E-state index is 10.7. The summed E-state index contributed by atoms with van der Waals surface area (Å²) in [5.74, 6) is 12.0. The summed E-state index contributed by atoms with van der Waals surface area (Å²) >= 11 is 0. The maximum Gasteiger partial charge on any atom is 0.308 e. The molecule has 0 heterocycles. The summed E-state index contributed by atoms with van der Waals surface area (Å²) < 4.78 is 49.9. The van der Waals surface area contributed by atoms with Crippen LogP contribution in [0.2, 0.25) is 0 Å². The van der Waals surface area contributed by atoms with E-state index in [-0.39, 0.29) is 24.8 Å². The Labute approximate surface area is 829 Å². The number of benzene rings is 11. The molecule has 0 bridgehead atoms. The van der Waals surface area contributed by atoms with Crippen LogP contribution in [0.4, 0.5) is 0 Å². The average molecular weight is 1870 g/mol. The van der Waals surface area contributed by atoms with Gasteiger partial charge in [0.15, 0.2) is 18.9 Å². The zero-order valence-corrected chi connectivity index (χ0v) is 88.1. The predicted octanol–water partition coefficient (Wildman–Crippen LogP) is 34.5. The highest BCUT2D eigenvalue weighted by molar-refractivity contribution is 5.69. The number of carbonyl (C=O) groups excluding carboxylic acids is 1. The third-order valence-corrected chi connectivity index (χ3v) is 25.9. The minimum Gasteiger partial charge on any atom is -0.508 e. The number of hydrogen-bond donors (Lipinski definition) is 3. The zero-order valence-electron chi connectivity index (χ0n) is 88.1. The molecule has 11 aromatic carbocycles. The van der Waals surface area contributed by atoms with Crippen LogP contribution in [0.3, 0.4) is 0 Å². The van der Waals surface area contributed by atoms with Crippen molar-refractivity contribution in [2.24, 2.45) is 5.92 Å². The molecule has 1 saturated carbocycles. The number of carbonyl (C=O) groups is 1. The van der Waals surface area contributed by atoms with Crippen molar-refractivity contribution in [2.75, 3.05) is 34.0 Å². The van der Waals surface area contributed by atoms with Gasteiger partial charge in [-0.25, -0.2) is 0 Å². The van der Waals surface area contributed by atoms with E-state index in [2.05, 4.69) is 234 Å². The van der Waals surface area contributed by atoms with Crippen LogP contribution in [0.15, 0.2) is 279 Å². The molecule has 0 radical (unpaired) electrons. The van der Waals surface area contributed by atoms with Gasteiger partial charge in [-0.3, -0.25) is 4.79 Å². The lowest BCUT2D eigenvalue weighted by Gasteiger charge is -2.23. The molecule has 0 saturated heterocycles. The summed E-state index contributed by atoms with van der Waals surface area (Å²) in [6.45, 7) is 49.1. The highest BCUT2D eigenvalue weighted by Crippen LogP contribution is 2.32. The molecule has 12 rings (SSSR count). The smallest absolute Gasteiger partial charge is 0.308 e. The van der Waals surface area contributed by atoms with Crippen molar-refractivity contribution in [3.63, 3.8) is 0 Å². The number of esters is 1. The molecule has 1 aliphatic rings. The van der Waals surface area contributed by atoms with Crippen molar-refractivity contribution in [3.05, 3.63) is 340 Å². The van der Waals surface area contributed by atoms with Crippen molar-refractivity contribution in [3.8, 4) is 51.7 Å². The summed E-state index contributed by atoms with van der Waals surface area (Å²) in [4.78, 5) is 10.7. The van der Waals surface area contributed by atoms with Crippen LogP contribution in [0, 0.1) is 5.92 Å². The monoisotopic (exact) mass is 1870 g/mol. The van der Waals surface area contributed by atoms with Crippen LogP contribution in [0.25, 0.3) is 0 Å². The number of hydrogen-bond acceptors (Lipinski definition) is 13. The Hall–Kier alpha value is -10.8. The van der Waals surface area contributed by atoms with Gasteiger partial charge in [0.2, 0.25) is 0 Å². The van der Waals surface area contributed by atoms with E-state index in [9.17, 15) is 4.79 Å². The first-order chi connectivity index (χ1) is 65.9. The largest absolute Gasteiger partial charge is 0.508 e. The van der Waals surface area contributed by atoms with Gasteiger partial charge in [0.05, 0.1) is 34.0 Å². The highest BCUT2D eigenvalue weighted by atomic mass is 16.7. The van der Waals surface area contributed by atoms with Crippen molar-refractivity contribution in [2.45, 2.75) is 334 Å². The Balaban J connectivity index is 0.000000327. The molecule has 0 amide bonds. The van der Waals surface area contributed by atoms with E-state index >= 15 is 0 Å². The second kappa shape index (κ2) is 69.9. The molecule has 13 nitrogen and oxygen atoms in total. The normalized spacial score (nSPS) is 14.0. The van der Waals surface area contributed by atoms with Gasteiger partial charge < -0.3 is 58.0 Å². The molecule has 0 aliphatic heterocycles. The van der Waals surface area contributed by atoms with E-state index in [1.165, 1.54) is 119 Å². The Morgan fingerprint density at radius 2 is 0.504 bits per heavy atom. The molecule has 1 aliphatic carbocycles. The van der Waals surface area contributed by atoms with E-state index in [0.29, 0.717) is 89.5 Å². The van der Waals surface area contributed by atoms with Crippen LogP contribution >= 0.6 is 0 Å². The molecule has 12 unspecified atom stereocenters. The van der Waals surface area contributed by atoms with Gasteiger partial charge in [-0.05, 0) is 340 Å².